The van der Waals surface area contributed by atoms with Gasteiger partial charge in [0.2, 0.25) is 11.8 Å². The number of fused-ring (bicyclic) bond motifs is 1. The highest BCUT2D eigenvalue weighted by molar-refractivity contribution is 7.21. The molecule has 31 heavy (non-hydrogen) atoms. The third-order valence-corrected chi connectivity index (χ3v) is 6.31. The molecule has 1 saturated heterocycles. The molecule has 4 rings (SSSR count). The van der Waals surface area contributed by atoms with Gasteiger partial charge in [0.15, 0.2) is 5.13 Å². The number of carbonyl (C=O) groups excluding carboxylic acids is 2. The topological polar surface area (TPSA) is 78.4 Å². The van der Waals surface area contributed by atoms with Crippen molar-refractivity contribution < 1.29 is 14.0 Å². The number of halogens is 1. The minimum Gasteiger partial charge on any atom is -0.352 e. The summed E-state index contributed by atoms with van der Waals surface area (Å²) in [7, 11) is 0. The lowest BCUT2D eigenvalue weighted by Crippen LogP contribution is -2.36. The quantitative estimate of drug-likeness (QED) is 0.636. The number of rotatable bonds is 6. The van der Waals surface area contributed by atoms with Gasteiger partial charge in [0.25, 0.3) is 0 Å². The molecule has 7 nitrogen and oxygen atoms in total. The Kier molecular flexibility index (Phi) is 6.71. The molecule has 9 heteroatoms. The normalized spacial score (nSPS) is 14.5. The fraction of sp³-hybridized carbons (Fsp3) is 0.364. The molecule has 0 atom stereocenters. The smallest absolute Gasteiger partial charge is 0.223 e. The van der Waals surface area contributed by atoms with Gasteiger partial charge in [-0.2, -0.15) is 0 Å². The van der Waals surface area contributed by atoms with Gasteiger partial charge in [0, 0.05) is 57.3 Å². The zero-order chi connectivity index (χ0) is 21.6. The number of hydrogen-bond donors (Lipinski definition) is 1. The summed E-state index contributed by atoms with van der Waals surface area (Å²) < 4.78 is 13.6. The molecule has 0 bridgehead atoms. The number of carbonyl (C=O) groups is 2. The van der Waals surface area contributed by atoms with Crippen molar-refractivity contribution in [1.29, 1.82) is 0 Å². The van der Waals surface area contributed by atoms with Crippen LogP contribution in [0.4, 0.5) is 9.52 Å². The van der Waals surface area contributed by atoms with Crippen LogP contribution in [0.3, 0.4) is 0 Å². The standard InChI is InChI=1S/C22H24FN5O2S/c23-17-6-2-1-5-16(17)15-25-19(29)8-9-20(30)27-11-4-12-28(14-13-27)22-26-18-7-3-10-24-21(18)31-22/h1-3,5-7,10H,4,8-9,11-15H2,(H,25,29). The number of thiazole rings is 1. The van der Waals surface area contributed by atoms with Gasteiger partial charge in [-0.05, 0) is 24.6 Å². The van der Waals surface area contributed by atoms with Crippen LogP contribution in [0.25, 0.3) is 10.3 Å². The molecule has 3 heterocycles. The summed E-state index contributed by atoms with van der Waals surface area (Å²) in [6.07, 6.45) is 2.85. The van der Waals surface area contributed by atoms with E-state index in [2.05, 4.69) is 20.2 Å². The summed E-state index contributed by atoms with van der Waals surface area (Å²) >= 11 is 1.56. The van der Waals surface area contributed by atoms with E-state index in [0.717, 1.165) is 28.4 Å². The summed E-state index contributed by atoms with van der Waals surface area (Å²) in [5.41, 5.74) is 1.32. The minimum atomic E-state index is -0.350. The van der Waals surface area contributed by atoms with E-state index in [0.29, 0.717) is 25.2 Å². The van der Waals surface area contributed by atoms with Crippen LogP contribution in [0.15, 0.2) is 42.6 Å². The van der Waals surface area contributed by atoms with Crippen molar-refractivity contribution in [1.82, 2.24) is 20.2 Å². The van der Waals surface area contributed by atoms with Crippen molar-refractivity contribution in [3.8, 4) is 0 Å². The lowest BCUT2D eigenvalue weighted by atomic mass is 10.2. The van der Waals surface area contributed by atoms with Crippen LogP contribution in [0.2, 0.25) is 0 Å². The van der Waals surface area contributed by atoms with Crippen molar-refractivity contribution in [2.24, 2.45) is 0 Å². The second kappa shape index (κ2) is 9.82. The van der Waals surface area contributed by atoms with Crippen LogP contribution in [-0.4, -0.2) is 52.9 Å². The maximum atomic E-state index is 13.6. The molecule has 3 aromatic rings. The Morgan fingerprint density at radius 3 is 2.77 bits per heavy atom. The Morgan fingerprint density at radius 2 is 1.94 bits per heavy atom. The van der Waals surface area contributed by atoms with Crippen molar-refractivity contribution in [2.75, 3.05) is 31.1 Å². The van der Waals surface area contributed by atoms with E-state index in [-0.39, 0.29) is 37.0 Å². The summed E-state index contributed by atoms with van der Waals surface area (Å²) in [5, 5.41) is 3.61. The molecular formula is C22H24FN5O2S. The molecule has 162 valence electrons. The number of nitrogens with one attached hydrogen (secondary N) is 1. The van der Waals surface area contributed by atoms with Crippen molar-refractivity contribution in [2.45, 2.75) is 25.8 Å². The summed E-state index contributed by atoms with van der Waals surface area (Å²) in [5.74, 6) is -0.638. The third-order valence-electron chi connectivity index (χ3n) is 5.27. The second-order valence-electron chi connectivity index (χ2n) is 7.41. The number of hydrogen-bond acceptors (Lipinski definition) is 6. The highest BCUT2D eigenvalue weighted by Gasteiger charge is 2.21. The molecule has 0 spiro atoms. The molecule has 1 aromatic carbocycles. The molecule has 1 aliphatic rings. The Labute approximate surface area is 183 Å². The molecule has 1 aliphatic heterocycles. The molecule has 0 radical (unpaired) electrons. The Morgan fingerprint density at radius 1 is 1.06 bits per heavy atom. The number of pyridine rings is 1. The number of benzene rings is 1. The summed E-state index contributed by atoms with van der Waals surface area (Å²) in [4.78, 5) is 38.6. The predicted molar refractivity (Wildman–Crippen MR) is 118 cm³/mol. The average Bonchev–Trinajstić information content (AvgIpc) is 3.06. The van der Waals surface area contributed by atoms with Crippen molar-refractivity contribution >= 4 is 38.6 Å². The zero-order valence-electron chi connectivity index (χ0n) is 17.1. The van der Waals surface area contributed by atoms with Crippen molar-refractivity contribution in [3.63, 3.8) is 0 Å². The van der Waals surface area contributed by atoms with Crippen LogP contribution in [0.1, 0.15) is 24.8 Å². The van der Waals surface area contributed by atoms with E-state index in [1.165, 1.54) is 6.07 Å². The van der Waals surface area contributed by atoms with Gasteiger partial charge in [-0.1, -0.05) is 29.5 Å². The van der Waals surface area contributed by atoms with Crippen LogP contribution < -0.4 is 10.2 Å². The van der Waals surface area contributed by atoms with Gasteiger partial charge < -0.3 is 15.1 Å². The molecule has 0 unspecified atom stereocenters. The maximum Gasteiger partial charge on any atom is 0.223 e. The van der Waals surface area contributed by atoms with E-state index in [1.54, 1.807) is 35.7 Å². The number of anilines is 1. The first kappa shape index (κ1) is 21.2. The lowest BCUT2D eigenvalue weighted by molar-refractivity contribution is -0.133. The number of aromatic nitrogens is 2. The summed E-state index contributed by atoms with van der Waals surface area (Å²) in [6.45, 7) is 2.90. The van der Waals surface area contributed by atoms with Gasteiger partial charge in [-0.25, -0.2) is 14.4 Å². The fourth-order valence-electron chi connectivity index (χ4n) is 3.55. The Balaban J connectivity index is 1.24. The molecule has 1 N–H and O–H groups in total. The summed E-state index contributed by atoms with van der Waals surface area (Å²) in [6, 6.07) is 10.1. The molecule has 0 saturated carbocycles. The molecular weight excluding hydrogens is 417 g/mol. The Bertz CT molecular complexity index is 1040. The van der Waals surface area contributed by atoms with E-state index in [4.69, 9.17) is 0 Å². The molecule has 2 aromatic heterocycles. The SMILES string of the molecule is O=C(CCC(=O)N1CCCN(c2nc3cccnc3s2)CC1)NCc1ccccc1F. The van der Waals surface area contributed by atoms with Crippen molar-refractivity contribution in [3.05, 3.63) is 54.0 Å². The molecule has 0 aliphatic carbocycles. The van der Waals surface area contributed by atoms with Gasteiger partial charge in [-0.15, -0.1) is 0 Å². The van der Waals surface area contributed by atoms with Crippen LogP contribution in [0, 0.1) is 5.82 Å². The van der Waals surface area contributed by atoms with Gasteiger partial charge in [0.1, 0.15) is 16.2 Å². The van der Waals surface area contributed by atoms with E-state index < -0.39 is 0 Å². The van der Waals surface area contributed by atoms with Crippen LogP contribution in [0.5, 0.6) is 0 Å². The third kappa shape index (κ3) is 5.35. The first-order valence-corrected chi connectivity index (χ1v) is 11.2. The van der Waals surface area contributed by atoms with E-state index >= 15 is 0 Å². The first-order valence-electron chi connectivity index (χ1n) is 10.3. The largest absolute Gasteiger partial charge is 0.352 e. The maximum absolute atomic E-state index is 13.6. The highest BCUT2D eigenvalue weighted by Crippen LogP contribution is 2.27. The first-order chi connectivity index (χ1) is 15.1. The zero-order valence-corrected chi connectivity index (χ0v) is 17.9. The van der Waals surface area contributed by atoms with Crippen LogP contribution in [-0.2, 0) is 16.1 Å². The monoisotopic (exact) mass is 441 g/mol. The fourth-order valence-corrected chi connectivity index (χ4v) is 4.51. The van der Waals surface area contributed by atoms with E-state index in [1.807, 2.05) is 17.0 Å². The minimum absolute atomic E-state index is 0.0335. The van der Waals surface area contributed by atoms with Crippen LogP contribution >= 0.6 is 11.3 Å². The number of amides is 2. The Hall–Kier alpha value is -3.07. The number of nitrogens with zero attached hydrogens (tertiary/aromatic N) is 4. The molecule has 2 amide bonds. The average molecular weight is 442 g/mol. The van der Waals surface area contributed by atoms with E-state index in [9.17, 15) is 14.0 Å². The van der Waals surface area contributed by atoms with Gasteiger partial charge in [-0.3, -0.25) is 9.59 Å². The van der Waals surface area contributed by atoms with Gasteiger partial charge >= 0.3 is 0 Å². The molecule has 1 fully saturated rings. The predicted octanol–water partition coefficient (Wildman–Crippen LogP) is 2.97. The van der Waals surface area contributed by atoms with Gasteiger partial charge in [0.05, 0.1) is 0 Å². The second-order valence-corrected chi connectivity index (χ2v) is 8.37. The highest BCUT2D eigenvalue weighted by atomic mass is 32.1. The lowest BCUT2D eigenvalue weighted by Gasteiger charge is -2.21.